The molecule has 1 saturated carbocycles. The molecule has 2 atom stereocenters. The summed E-state index contributed by atoms with van der Waals surface area (Å²) in [4.78, 5) is 0. The SMILES string of the molecule is CCC1(C(C)(C)C)CCC1C. The van der Waals surface area contributed by atoms with E-state index in [2.05, 4.69) is 34.6 Å². The summed E-state index contributed by atoms with van der Waals surface area (Å²) in [6, 6.07) is 0. The van der Waals surface area contributed by atoms with E-state index in [0.29, 0.717) is 10.8 Å². The van der Waals surface area contributed by atoms with E-state index in [1.165, 1.54) is 19.3 Å². The maximum Gasteiger partial charge on any atom is -0.0226 e. The van der Waals surface area contributed by atoms with E-state index < -0.39 is 0 Å². The van der Waals surface area contributed by atoms with Gasteiger partial charge in [-0.15, -0.1) is 0 Å². The van der Waals surface area contributed by atoms with Gasteiger partial charge in [0, 0.05) is 0 Å². The van der Waals surface area contributed by atoms with Crippen molar-refractivity contribution in [2.75, 3.05) is 0 Å². The Balaban J connectivity index is 2.77. The van der Waals surface area contributed by atoms with Crippen LogP contribution >= 0.6 is 0 Å². The summed E-state index contributed by atoms with van der Waals surface area (Å²) in [5.41, 5.74) is 1.17. The van der Waals surface area contributed by atoms with Gasteiger partial charge in [-0.05, 0) is 36.0 Å². The van der Waals surface area contributed by atoms with Crippen molar-refractivity contribution >= 4 is 0 Å². The standard InChI is InChI=1S/C11H22/c1-6-11(10(3,4)5)8-7-9(11)2/h9H,6-8H2,1-5H3. The Bertz CT molecular complexity index is 137. The molecule has 11 heavy (non-hydrogen) atoms. The van der Waals surface area contributed by atoms with E-state index >= 15 is 0 Å². The molecule has 0 aliphatic heterocycles. The van der Waals surface area contributed by atoms with Gasteiger partial charge in [0.1, 0.15) is 0 Å². The van der Waals surface area contributed by atoms with Gasteiger partial charge in [0.2, 0.25) is 0 Å². The third-order valence-electron chi connectivity index (χ3n) is 4.09. The molecule has 0 aromatic rings. The Kier molecular flexibility index (Phi) is 2.07. The molecule has 0 saturated heterocycles. The molecule has 0 spiro atoms. The second-order valence-corrected chi connectivity index (χ2v) is 5.20. The lowest BCUT2D eigenvalue weighted by Crippen LogP contribution is -2.47. The first kappa shape index (κ1) is 9.09. The Morgan fingerprint density at radius 1 is 1.36 bits per heavy atom. The maximum absolute atomic E-state index is 2.41. The maximum atomic E-state index is 2.41. The van der Waals surface area contributed by atoms with Gasteiger partial charge in [-0.2, -0.15) is 0 Å². The van der Waals surface area contributed by atoms with E-state index in [0.717, 1.165) is 5.92 Å². The molecule has 0 aromatic heterocycles. The monoisotopic (exact) mass is 154 g/mol. The predicted molar refractivity (Wildman–Crippen MR) is 50.6 cm³/mol. The first-order valence-electron chi connectivity index (χ1n) is 4.94. The summed E-state index contributed by atoms with van der Waals surface area (Å²) in [6.07, 6.45) is 4.26. The summed E-state index contributed by atoms with van der Waals surface area (Å²) in [5, 5.41) is 0. The van der Waals surface area contributed by atoms with Gasteiger partial charge in [-0.3, -0.25) is 0 Å². The molecule has 0 bridgehead atoms. The van der Waals surface area contributed by atoms with Crippen molar-refractivity contribution in [3.8, 4) is 0 Å². The van der Waals surface area contributed by atoms with Crippen molar-refractivity contribution in [1.82, 2.24) is 0 Å². The molecular formula is C11H22. The third-order valence-corrected chi connectivity index (χ3v) is 4.09. The summed E-state index contributed by atoms with van der Waals surface area (Å²) in [5.74, 6) is 0.951. The number of rotatable bonds is 1. The summed E-state index contributed by atoms with van der Waals surface area (Å²) >= 11 is 0. The van der Waals surface area contributed by atoms with E-state index in [4.69, 9.17) is 0 Å². The highest BCUT2D eigenvalue weighted by molar-refractivity contribution is 4.99. The van der Waals surface area contributed by atoms with E-state index in [9.17, 15) is 0 Å². The van der Waals surface area contributed by atoms with Crippen LogP contribution in [0.1, 0.15) is 53.9 Å². The minimum atomic E-state index is 0.513. The molecule has 1 aliphatic rings. The highest BCUT2D eigenvalue weighted by Crippen LogP contribution is 2.59. The van der Waals surface area contributed by atoms with Gasteiger partial charge < -0.3 is 0 Å². The fraction of sp³-hybridized carbons (Fsp3) is 1.00. The highest BCUT2D eigenvalue weighted by atomic mass is 14.5. The van der Waals surface area contributed by atoms with Crippen LogP contribution < -0.4 is 0 Å². The molecule has 1 rings (SSSR count). The fourth-order valence-corrected chi connectivity index (χ4v) is 2.95. The van der Waals surface area contributed by atoms with Crippen LogP contribution in [0.5, 0.6) is 0 Å². The van der Waals surface area contributed by atoms with Crippen LogP contribution in [-0.2, 0) is 0 Å². The molecule has 66 valence electrons. The minimum Gasteiger partial charge on any atom is -0.0648 e. The Morgan fingerprint density at radius 3 is 1.91 bits per heavy atom. The number of hydrogen-bond acceptors (Lipinski definition) is 0. The van der Waals surface area contributed by atoms with Gasteiger partial charge in [-0.25, -0.2) is 0 Å². The smallest absolute Gasteiger partial charge is 0.0226 e. The largest absolute Gasteiger partial charge is 0.0648 e. The molecule has 0 heteroatoms. The summed E-state index contributed by atoms with van der Waals surface area (Å²) in [7, 11) is 0. The molecule has 0 heterocycles. The van der Waals surface area contributed by atoms with Crippen molar-refractivity contribution in [2.24, 2.45) is 16.7 Å². The van der Waals surface area contributed by atoms with Crippen LogP contribution in [0.2, 0.25) is 0 Å². The predicted octanol–water partition coefficient (Wildman–Crippen LogP) is 3.86. The molecule has 0 N–H and O–H groups in total. The quantitative estimate of drug-likeness (QED) is 0.538. The topological polar surface area (TPSA) is 0 Å². The van der Waals surface area contributed by atoms with Crippen LogP contribution in [0.4, 0.5) is 0 Å². The minimum absolute atomic E-state index is 0.513. The lowest BCUT2D eigenvalue weighted by Gasteiger charge is -2.56. The zero-order valence-electron chi connectivity index (χ0n) is 8.70. The van der Waals surface area contributed by atoms with Crippen LogP contribution in [0, 0.1) is 16.7 Å². The molecule has 1 fully saturated rings. The van der Waals surface area contributed by atoms with Crippen LogP contribution in [0.3, 0.4) is 0 Å². The average molecular weight is 154 g/mol. The normalized spacial score (nSPS) is 38.5. The lowest BCUT2D eigenvalue weighted by molar-refractivity contribution is -0.0679. The molecule has 2 unspecified atom stereocenters. The van der Waals surface area contributed by atoms with Crippen LogP contribution in [0.15, 0.2) is 0 Å². The zero-order valence-corrected chi connectivity index (χ0v) is 8.70. The average Bonchev–Trinajstić information content (AvgIpc) is 1.84. The highest BCUT2D eigenvalue weighted by Gasteiger charge is 2.50. The van der Waals surface area contributed by atoms with Crippen molar-refractivity contribution in [3.05, 3.63) is 0 Å². The first-order chi connectivity index (χ1) is 4.94. The van der Waals surface area contributed by atoms with Gasteiger partial charge in [0.25, 0.3) is 0 Å². The molecule has 1 aliphatic carbocycles. The summed E-state index contributed by atoms with van der Waals surface area (Å²) in [6.45, 7) is 11.9. The first-order valence-corrected chi connectivity index (χ1v) is 4.94. The Labute approximate surface area is 71.4 Å². The van der Waals surface area contributed by atoms with Crippen molar-refractivity contribution in [2.45, 2.75) is 53.9 Å². The Morgan fingerprint density at radius 2 is 1.91 bits per heavy atom. The van der Waals surface area contributed by atoms with Gasteiger partial charge in [0.05, 0.1) is 0 Å². The third kappa shape index (κ3) is 1.11. The molecule has 0 radical (unpaired) electrons. The lowest BCUT2D eigenvalue weighted by atomic mass is 9.48. The molecule has 0 aromatic carbocycles. The van der Waals surface area contributed by atoms with Gasteiger partial charge in [0.15, 0.2) is 0 Å². The molecular weight excluding hydrogens is 132 g/mol. The Hall–Kier alpha value is 0. The van der Waals surface area contributed by atoms with Gasteiger partial charge >= 0.3 is 0 Å². The van der Waals surface area contributed by atoms with E-state index in [-0.39, 0.29) is 0 Å². The summed E-state index contributed by atoms with van der Waals surface area (Å²) < 4.78 is 0. The van der Waals surface area contributed by atoms with Crippen molar-refractivity contribution < 1.29 is 0 Å². The van der Waals surface area contributed by atoms with E-state index in [1.54, 1.807) is 0 Å². The molecule has 0 amide bonds. The van der Waals surface area contributed by atoms with E-state index in [1.807, 2.05) is 0 Å². The van der Waals surface area contributed by atoms with Crippen molar-refractivity contribution in [3.63, 3.8) is 0 Å². The zero-order chi connectivity index (χ0) is 8.70. The fourth-order valence-electron chi connectivity index (χ4n) is 2.95. The van der Waals surface area contributed by atoms with Gasteiger partial charge in [-0.1, -0.05) is 34.6 Å². The molecule has 0 nitrogen and oxygen atoms in total. The second-order valence-electron chi connectivity index (χ2n) is 5.20. The van der Waals surface area contributed by atoms with Crippen LogP contribution in [-0.4, -0.2) is 0 Å². The number of hydrogen-bond donors (Lipinski definition) is 0. The second kappa shape index (κ2) is 2.50. The van der Waals surface area contributed by atoms with Crippen molar-refractivity contribution in [1.29, 1.82) is 0 Å². The van der Waals surface area contributed by atoms with Crippen LogP contribution in [0.25, 0.3) is 0 Å².